The standard InChI is InChI=1S/C30H38N4O5/c1-20-25(26(28(35)36)39-29(2,3)4)27-33-15-13-30(5,14-16-33)38-17-9-8-11-21-10-6-7-12-23(21)37-19-22-18-24(31-20)34(27)32-22/h6-8,10-12,18,26H,9,13-17,19H2,1-5H3,(H,35,36)/t26-/m0/s1. The highest BCUT2D eigenvalue weighted by atomic mass is 16.5. The molecule has 0 saturated carbocycles. The number of benzene rings is 1. The molecule has 9 nitrogen and oxygen atoms in total. The van der Waals surface area contributed by atoms with E-state index < -0.39 is 17.7 Å². The topological polar surface area (TPSA) is 98.4 Å². The van der Waals surface area contributed by atoms with Crippen LogP contribution < -0.4 is 9.64 Å². The Labute approximate surface area is 229 Å². The Morgan fingerprint density at radius 3 is 2.67 bits per heavy atom. The number of nitrogens with zero attached hydrogens (tertiary/aromatic N) is 4. The lowest BCUT2D eigenvalue weighted by molar-refractivity contribution is -0.160. The first-order chi connectivity index (χ1) is 18.5. The molecule has 9 heteroatoms. The molecule has 1 N–H and O–H groups in total. The maximum Gasteiger partial charge on any atom is 0.337 e. The van der Waals surface area contributed by atoms with Crippen molar-refractivity contribution in [2.24, 2.45) is 0 Å². The van der Waals surface area contributed by atoms with Crippen LogP contribution in [-0.4, -0.2) is 56.6 Å². The summed E-state index contributed by atoms with van der Waals surface area (Å²) in [5.41, 5.74) is 2.54. The average Bonchev–Trinajstić information content (AvgIpc) is 3.28. The molecule has 3 aromatic rings. The van der Waals surface area contributed by atoms with Gasteiger partial charge in [-0.15, -0.1) is 0 Å². The minimum atomic E-state index is -1.20. The predicted octanol–water partition coefficient (Wildman–Crippen LogP) is 5.35. The molecule has 1 atom stereocenters. The monoisotopic (exact) mass is 534 g/mol. The van der Waals surface area contributed by atoms with Crippen molar-refractivity contribution in [1.29, 1.82) is 0 Å². The predicted molar refractivity (Wildman–Crippen MR) is 149 cm³/mol. The highest BCUT2D eigenvalue weighted by Crippen LogP contribution is 2.38. The maximum atomic E-state index is 12.6. The van der Waals surface area contributed by atoms with Crippen LogP contribution in [0.25, 0.3) is 11.7 Å². The highest BCUT2D eigenvalue weighted by molar-refractivity contribution is 5.78. The second-order valence-electron chi connectivity index (χ2n) is 11.6. The zero-order chi connectivity index (χ0) is 27.8. The SMILES string of the molecule is Cc1nc2cc3nn2c(c1[C@H](OC(C)(C)C)C(=O)O)N1CCC(C)(CC1)OCCC=Cc1ccccc1OC3. The van der Waals surface area contributed by atoms with Crippen LogP contribution in [0, 0.1) is 6.92 Å². The van der Waals surface area contributed by atoms with Gasteiger partial charge >= 0.3 is 5.97 Å². The maximum absolute atomic E-state index is 12.6. The molecule has 208 valence electrons. The van der Waals surface area contributed by atoms with Crippen molar-refractivity contribution < 1.29 is 24.1 Å². The number of para-hydroxylation sites is 1. The number of anilines is 1. The zero-order valence-electron chi connectivity index (χ0n) is 23.4. The van der Waals surface area contributed by atoms with Gasteiger partial charge in [0.2, 0.25) is 0 Å². The Balaban J connectivity index is 1.64. The second kappa shape index (κ2) is 10.6. The van der Waals surface area contributed by atoms with Crippen LogP contribution in [0.2, 0.25) is 0 Å². The first kappa shape index (κ1) is 27.1. The number of ether oxygens (including phenoxy) is 3. The molecular formula is C30H38N4O5. The second-order valence-corrected chi connectivity index (χ2v) is 11.6. The average molecular weight is 535 g/mol. The zero-order valence-corrected chi connectivity index (χ0v) is 23.4. The van der Waals surface area contributed by atoms with E-state index in [4.69, 9.17) is 24.3 Å². The number of aryl methyl sites for hydroxylation is 1. The van der Waals surface area contributed by atoms with Gasteiger partial charge in [0, 0.05) is 30.4 Å². The van der Waals surface area contributed by atoms with E-state index in [1.165, 1.54) is 0 Å². The van der Waals surface area contributed by atoms with Gasteiger partial charge in [0.05, 0.1) is 23.4 Å². The molecule has 2 aromatic heterocycles. The van der Waals surface area contributed by atoms with E-state index in [0.717, 1.165) is 30.6 Å². The van der Waals surface area contributed by atoms with Gasteiger partial charge in [0.15, 0.2) is 11.8 Å². The molecule has 4 bridgehead atoms. The molecule has 1 fully saturated rings. The third-order valence-electron chi connectivity index (χ3n) is 7.26. The molecule has 3 aliphatic heterocycles. The molecule has 39 heavy (non-hydrogen) atoms. The van der Waals surface area contributed by atoms with E-state index in [9.17, 15) is 9.90 Å². The molecule has 5 heterocycles. The molecule has 0 spiro atoms. The highest BCUT2D eigenvalue weighted by Gasteiger charge is 2.37. The summed E-state index contributed by atoms with van der Waals surface area (Å²) < 4.78 is 20.4. The molecule has 0 aliphatic carbocycles. The van der Waals surface area contributed by atoms with Crippen LogP contribution in [-0.2, 0) is 20.9 Å². The molecule has 0 unspecified atom stereocenters. The van der Waals surface area contributed by atoms with Gasteiger partial charge in [-0.2, -0.15) is 9.61 Å². The van der Waals surface area contributed by atoms with Crippen LogP contribution in [0.3, 0.4) is 0 Å². The first-order valence-electron chi connectivity index (χ1n) is 13.6. The largest absolute Gasteiger partial charge is 0.487 e. The Bertz CT molecular complexity index is 1380. The van der Waals surface area contributed by atoms with Crippen molar-refractivity contribution in [2.45, 2.75) is 77.8 Å². The van der Waals surface area contributed by atoms with Crippen LogP contribution in [0.4, 0.5) is 5.82 Å². The number of carboxylic acids is 1. The van der Waals surface area contributed by atoms with Crippen LogP contribution >= 0.6 is 0 Å². The number of piperidine rings is 1. The minimum absolute atomic E-state index is 0.254. The van der Waals surface area contributed by atoms with E-state index in [-0.39, 0.29) is 12.2 Å². The Morgan fingerprint density at radius 1 is 1.21 bits per heavy atom. The number of aliphatic carboxylic acids is 1. The van der Waals surface area contributed by atoms with Crippen molar-refractivity contribution in [3.8, 4) is 5.75 Å². The number of fused-ring (bicyclic) bond motifs is 6. The van der Waals surface area contributed by atoms with Crippen LogP contribution in [0.15, 0.2) is 36.4 Å². The quantitative estimate of drug-likeness (QED) is 0.480. The lowest BCUT2D eigenvalue weighted by Gasteiger charge is -2.41. The Kier molecular flexibility index (Phi) is 7.39. The summed E-state index contributed by atoms with van der Waals surface area (Å²) in [6, 6.07) is 9.81. The van der Waals surface area contributed by atoms with Gasteiger partial charge in [-0.25, -0.2) is 9.78 Å². The Hall–Kier alpha value is -3.43. The number of hydrogen-bond acceptors (Lipinski definition) is 7. The van der Waals surface area contributed by atoms with Gasteiger partial charge < -0.3 is 24.2 Å². The third-order valence-corrected chi connectivity index (χ3v) is 7.26. The summed E-state index contributed by atoms with van der Waals surface area (Å²) in [6.07, 6.45) is 5.40. The summed E-state index contributed by atoms with van der Waals surface area (Å²) in [6.45, 7) is 11.8. The smallest absolute Gasteiger partial charge is 0.337 e. The molecule has 6 rings (SSSR count). The molecule has 1 saturated heterocycles. The summed E-state index contributed by atoms with van der Waals surface area (Å²) >= 11 is 0. The number of carbonyl (C=O) groups is 1. The van der Waals surface area contributed by atoms with Gasteiger partial charge in [-0.1, -0.05) is 30.4 Å². The van der Waals surface area contributed by atoms with Crippen molar-refractivity contribution in [2.75, 3.05) is 24.6 Å². The summed E-state index contributed by atoms with van der Waals surface area (Å²) in [7, 11) is 0. The normalized spacial score (nSPS) is 18.5. The molecular weight excluding hydrogens is 496 g/mol. The number of aromatic nitrogens is 3. The minimum Gasteiger partial charge on any atom is -0.487 e. The molecule has 3 aliphatic rings. The Morgan fingerprint density at radius 2 is 1.95 bits per heavy atom. The van der Waals surface area contributed by atoms with Gasteiger partial charge in [-0.3, -0.25) is 0 Å². The van der Waals surface area contributed by atoms with Crippen molar-refractivity contribution in [3.05, 3.63) is 58.9 Å². The van der Waals surface area contributed by atoms with Crippen molar-refractivity contribution in [1.82, 2.24) is 14.6 Å². The van der Waals surface area contributed by atoms with Crippen LogP contribution in [0.5, 0.6) is 5.75 Å². The van der Waals surface area contributed by atoms with Gasteiger partial charge in [0.25, 0.3) is 0 Å². The molecule has 1 aromatic carbocycles. The first-order valence-corrected chi connectivity index (χ1v) is 13.6. The fourth-order valence-corrected chi connectivity index (χ4v) is 5.25. The lowest BCUT2D eigenvalue weighted by atomic mass is 9.92. The molecule has 0 amide bonds. The third kappa shape index (κ3) is 5.94. The number of carboxylic acid groups (broad SMARTS) is 1. The van der Waals surface area contributed by atoms with E-state index in [0.29, 0.717) is 48.1 Å². The van der Waals surface area contributed by atoms with Crippen LogP contribution in [0.1, 0.15) is 75.6 Å². The summed E-state index contributed by atoms with van der Waals surface area (Å²) in [4.78, 5) is 19.6. The summed E-state index contributed by atoms with van der Waals surface area (Å²) in [5.74, 6) is 0.411. The fourth-order valence-electron chi connectivity index (χ4n) is 5.25. The van der Waals surface area contributed by atoms with Gasteiger partial charge in [-0.05, 0) is 59.9 Å². The van der Waals surface area contributed by atoms with Gasteiger partial charge in [0.1, 0.15) is 23.9 Å². The van der Waals surface area contributed by atoms with E-state index in [1.54, 1.807) is 4.52 Å². The number of hydrogen-bond donors (Lipinski definition) is 1. The van der Waals surface area contributed by atoms with E-state index >= 15 is 0 Å². The summed E-state index contributed by atoms with van der Waals surface area (Å²) in [5, 5.41) is 15.2. The molecule has 0 radical (unpaired) electrons. The van der Waals surface area contributed by atoms with E-state index in [1.807, 2.05) is 58.0 Å². The lowest BCUT2D eigenvalue weighted by Crippen LogP contribution is -2.45. The van der Waals surface area contributed by atoms with Crippen molar-refractivity contribution in [3.63, 3.8) is 0 Å². The van der Waals surface area contributed by atoms with Crippen molar-refractivity contribution >= 4 is 23.5 Å². The fraction of sp³-hybridized carbons (Fsp3) is 0.500. The number of rotatable bonds is 3. The van der Waals surface area contributed by atoms with E-state index in [2.05, 4.69) is 24.0 Å².